The van der Waals surface area contributed by atoms with Crippen LogP contribution < -0.4 is 0 Å². The molecule has 0 unspecified atom stereocenters. The van der Waals surface area contributed by atoms with Crippen molar-refractivity contribution in [1.29, 1.82) is 0 Å². The average molecular weight is 200 g/mol. The number of fused-ring (bicyclic) bond motifs is 1. The molecule has 13 heavy (non-hydrogen) atoms. The van der Waals surface area contributed by atoms with Crippen LogP contribution in [-0.2, 0) is 23.1 Å². The van der Waals surface area contributed by atoms with Crippen LogP contribution in [0.3, 0.4) is 0 Å². The molecule has 0 amide bonds. The maximum atomic E-state index is 11.2. The molecule has 0 aromatic carbocycles. The van der Waals surface area contributed by atoms with Gasteiger partial charge in [0.05, 0.1) is 12.8 Å². The molecule has 1 aliphatic heterocycles. The highest BCUT2D eigenvalue weighted by molar-refractivity contribution is 7.88. The van der Waals surface area contributed by atoms with Crippen molar-refractivity contribution in [2.75, 3.05) is 12.8 Å². The van der Waals surface area contributed by atoms with E-state index in [1.807, 2.05) is 18.3 Å². The highest BCUT2D eigenvalue weighted by Crippen LogP contribution is 2.14. The molecule has 0 saturated carbocycles. The van der Waals surface area contributed by atoms with Gasteiger partial charge in [-0.15, -0.1) is 0 Å². The van der Waals surface area contributed by atoms with Gasteiger partial charge in [-0.2, -0.15) is 4.31 Å². The van der Waals surface area contributed by atoms with E-state index < -0.39 is 10.0 Å². The van der Waals surface area contributed by atoms with E-state index in [4.69, 9.17) is 0 Å². The molecule has 1 aliphatic rings. The van der Waals surface area contributed by atoms with Crippen molar-refractivity contribution in [3.8, 4) is 0 Å². The summed E-state index contributed by atoms with van der Waals surface area (Å²) in [6, 6.07) is 3.90. The highest BCUT2D eigenvalue weighted by Gasteiger charge is 2.21. The van der Waals surface area contributed by atoms with Gasteiger partial charge in [0.15, 0.2) is 0 Å². The molecular weight excluding hydrogens is 188 g/mol. The molecule has 0 atom stereocenters. The van der Waals surface area contributed by atoms with Crippen LogP contribution in [0.1, 0.15) is 5.69 Å². The van der Waals surface area contributed by atoms with Gasteiger partial charge in [-0.3, -0.25) is 0 Å². The number of sulfonamides is 1. The lowest BCUT2D eigenvalue weighted by Crippen LogP contribution is -2.37. The summed E-state index contributed by atoms with van der Waals surface area (Å²) in [7, 11) is -3.03. The van der Waals surface area contributed by atoms with Crippen LogP contribution in [0, 0.1) is 0 Å². The Hall–Kier alpha value is -0.810. The standard InChI is InChI=1S/C8H12N2O2S/c1-13(11,12)10-6-5-9-4-2-3-8(9)7-10/h2-4H,5-7H2,1H3. The minimum Gasteiger partial charge on any atom is -0.349 e. The van der Waals surface area contributed by atoms with Crippen molar-refractivity contribution in [2.45, 2.75) is 13.1 Å². The van der Waals surface area contributed by atoms with E-state index in [9.17, 15) is 8.42 Å². The van der Waals surface area contributed by atoms with Gasteiger partial charge in [0.2, 0.25) is 10.0 Å². The van der Waals surface area contributed by atoms with Gasteiger partial charge < -0.3 is 4.57 Å². The van der Waals surface area contributed by atoms with E-state index in [0.29, 0.717) is 13.1 Å². The molecular formula is C8H12N2O2S. The first kappa shape index (κ1) is 8.77. The summed E-state index contributed by atoms with van der Waals surface area (Å²) in [6.45, 7) is 1.85. The Labute approximate surface area is 77.8 Å². The van der Waals surface area contributed by atoms with Gasteiger partial charge in [0.1, 0.15) is 0 Å². The SMILES string of the molecule is CS(=O)(=O)N1CCn2cccc2C1. The molecule has 0 aliphatic carbocycles. The molecule has 1 aromatic heterocycles. The first-order valence-corrected chi connectivity index (χ1v) is 6.01. The summed E-state index contributed by atoms with van der Waals surface area (Å²) in [5.41, 5.74) is 1.07. The lowest BCUT2D eigenvalue weighted by atomic mass is 10.3. The molecule has 72 valence electrons. The maximum Gasteiger partial charge on any atom is 0.211 e. The fourth-order valence-corrected chi connectivity index (χ4v) is 2.35. The first-order valence-electron chi connectivity index (χ1n) is 4.16. The van der Waals surface area contributed by atoms with Crippen molar-refractivity contribution >= 4 is 10.0 Å². The second-order valence-electron chi connectivity index (χ2n) is 3.29. The number of hydrogen-bond acceptors (Lipinski definition) is 2. The monoisotopic (exact) mass is 200 g/mol. The van der Waals surface area contributed by atoms with Gasteiger partial charge in [-0.25, -0.2) is 8.42 Å². The summed E-state index contributed by atoms with van der Waals surface area (Å²) >= 11 is 0. The molecule has 0 saturated heterocycles. The summed E-state index contributed by atoms with van der Waals surface area (Å²) in [5, 5.41) is 0. The van der Waals surface area contributed by atoms with Crippen LogP contribution in [-0.4, -0.2) is 30.1 Å². The largest absolute Gasteiger partial charge is 0.349 e. The molecule has 2 heterocycles. The van der Waals surface area contributed by atoms with E-state index in [1.54, 1.807) is 0 Å². The molecule has 0 radical (unpaired) electrons. The van der Waals surface area contributed by atoms with Crippen molar-refractivity contribution in [2.24, 2.45) is 0 Å². The predicted molar refractivity (Wildman–Crippen MR) is 49.7 cm³/mol. The second-order valence-corrected chi connectivity index (χ2v) is 5.27. The lowest BCUT2D eigenvalue weighted by Gasteiger charge is -2.26. The first-order chi connectivity index (χ1) is 6.07. The molecule has 0 N–H and O–H groups in total. The third-order valence-corrected chi connectivity index (χ3v) is 3.57. The lowest BCUT2D eigenvalue weighted by molar-refractivity contribution is 0.344. The van der Waals surface area contributed by atoms with E-state index >= 15 is 0 Å². The van der Waals surface area contributed by atoms with E-state index in [-0.39, 0.29) is 0 Å². The number of nitrogens with zero attached hydrogens (tertiary/aromatic N) is 2. The Bertz CT molecular complexity index is 408. The number of rotatable bonds is 1. The highest BCUT2D eigenvalue weighted by atomic mass is 32.2. The van der Waals surface area contributed by atoms with Crippen molar-refractivity contribution in [1.82, 2.24) is 8.87 Å². The topological polar surface area (TPSA) is 42.3 Å². The van der Waals surface area contributed by atoms with Crippen LogP contribution in [0.25, 0.3) is 0 Å². The Balaban J connectivity index is 2.27. The fourth-order valence-electron chi connectivity index (χ4n) is 1.57. The maximum absolute atomic E-state index is 11.2. The normalized spacial score (nSPS) is 18.5. The molecule has 0 spiro atoms. The Morgan fingerprint density at radius 1 is 1.38 bits per heavy atom. The Kier molecular flexibility index (Phi) is 1.92. The summed E-state index contributed by atoms with van der Waals surface area (Å²) in [6.07, 6.45) is 3.24. The zero-order chi connectivity index (χ0) is 9.47. The van der Waals surface area contributed by atoms with E-state index in [2.05, 4.69) is 4.57 Å². The van der Waals surface area contributed by atoms with Crippen molar-refractivity contribution < 1.29 is 8.42 Å². The van der Waals surface area contributed by atoms with Crippen LogP contribution in [0.2, 0.25) is 0 Å². The third kappa shape index (κ3) is 1.62. The van der Waals surface area contributed by atoms with Crippen LogP contribution in [0.5, 0.6) is 0 Å². The molecule has 2 rings (SSSR count). The van der Waals surface area contributed by atoms with E-state index in [1.165, 1.54) is 10.6 Å². The Morgan fingerprint density at radius 3 is 2.85 bits per heavy atom. The predicted octanol–water partition coefficient (Wildman–Crippen LogP) is 0.263. The summed E-state index contributed by atoms with van der Waals surface area (Å²) in [4.78, 5) is 0. The van der Waals surface area contributed by atoms with Gasteiger partial charge in [-0.05, 0) is 12.1 Å². The fraction of sp³-hybridized carbons (Fsp3) is 0.500. The van der Waals surface area contributed by atoms with Gasteiger partial charge in [0, 0.05) is 25.0 Å². The van der Waals surface area contributed by atoms with Crippen molar-refractivity contribution in [3.63, 3.8) is 0 Å². The molecule has 0 bridgehead atoms. The van der Waals surface area contributed by atoms with Gasteiger partial charge in [0.25, 0.3) is 0 Å². The van der Waals surface area contributed by atoms with Gasteiger partial charge in [-0.1, -0.05) is 0 Å². The minimum atomic E-state index is -3.03. The van der Waals surface area contributed by atoms with Crippen molar-refractivity contribution in [3.05, 3.63) is 24.0 Å². The minimum absolute atomic E-state index is 0.506. The van der Waals surface area contributed by atoms with Crippen LogP contribution in [0.4, 0.5) is 0 Å². The number of hydrogen-bond donors (Lipinski definition) is 0. The Morgan fingerprint density at radius 2 is 2.15 bits per heavy atom. The quantitative estimate of drug-likeness (QED) is 0.652. The third-order valence-electron chi connectivity index (χ3n) is 2.32. The second kappa shape index (κ2) is 2.85. The molecule has 5 heteroatoms. The molecule has 0 fully saturated rings. The van der Waals surface area contributed by atoms with Crippen LogP contribution in [0.15, 0.2) is 18.3 Å². The summed E-state index contributed by atoms with van der Waals surface area (Å²) in [5.74, 6) is 0. The zero-order valence-corrected chi connectivity index (χ0v) is 8.29. The van der Waals surface area contributed by atoms with E-state index in [0.717, 1.165) is 12.2 Å². The molecule has 4 nitrogen and oxygen atoms in total. The van der Waals surface area contributed by atoms with Crippen LogP contribution >= 0.6 is 0 Å². The summed E-state index contributed by atoms with van der Waals surface area (Å²) < 4.78 is 26.1. The zero-order valence-electron chi connectivity index (χ0n) is 7.47. The average Bonchev–Trinajstić information content (AvgIpc) is 2.47. The number of aromatic nitrogens is 1. The van der Waals surface area contributed by atoms with Gasteiger partial charge >= 0.3 is 0 Å². The molecule has 1 aromatic rings. The smallest absolute Gasteiger partial charge is 0.211 e.